The van der Waals surface area contributed by atoms with Gasteiger partial charge in [0.15, 0.2) is 9.84 Å². The molecule has 1 unspecified atom stereocenters. The summed E-state index contributed by atoms with van der Waals surface area (Å²) in [7, 11) is -3.30. The predicted octanol–water partition coefficient (Wildman–Crippen LogP) is 2.73. The number of carboxylic acids is 1. The molecule has 0 fully saturated rings. The Balaban J connectivity index is 2.40. The van der Waals surface area contributed by atoms with Crippen molar-refractivity contribution in [2.24, 2.45) is 0 Å². The van der Waals surface area contributed by atoms with Crippen molar-refractivity contribution < 1.29 is 18.3 Å². The van der Waals surface area contributed by atoms with Crippen molar-refractivity contribution >= 4 is 42.6 Å². The second-order valence-corrected chi connectivity index (χ2v) is 8.32. The van der Waals surface area contributed by atoms with Crippen LogP contribution in [0.3, 0.4) is 0 Å². The molecule has 0 saturated carbocycles. The standard InChI is InChI=1S/C14H12BrNO4S/c1-21(19,20)11-5-4-9-12(14(17)18)8-3-2-7(15)6-10(8)16-13(9)11/h2-3,6,11H,4-5H2,1H3,(H,17,18). The fraction of sp³-hybridized carbons (Fsp3) is 0.286. The number of carboxylic acid groups (broad SMARTS) is 1. The Hall–Kier alpha value is -1.47. The molecular weight excluding hydrogens is 358 g/mol. The van der Waals surface area contributed by atoms with Crippen LogP contribution in [-0.2, 0) is 16.3 Å². The van der Waals surface area contributed by atoms with Crippen molar-refractivity contribution in [2.75, 3.05) is 6.26 Å². The topological polar surface area (TPSA) is 84.3 Å². The average Bonchev–Trinajstić information content (AvgIpc) is 2.78. The molecular formula is C14H12BrNO4S. The molecule has 1 atom stereocenters. The minimum Gasteiger partial charge on any atom is -0.478 e. The molecule has 1 aliphatic rings. The lowest BCUT2D eigenvalue weighted by atomic mass is 10.0. The van der Waals surface area contributed by atoms with Crippen molar-refractivity contribution in [3.05, 3.63) is 39.5 Å². The summed E-state index contributed by atoms with van der Waals surface area (Å²) >= 11 is 3.32. The molecule has 3 rings (SSSR count). The Labute approximate surface area is 130 Å². The number of nitrogens with zero attached hydrogens (tertiary/aromatic N) is 1. The molecule has 0 aliphatic heterocycles. The van der Waals surface area contributed by atoms with Crippen LogP contribution in [-0.4, -0.2) is 30.7 Å². The summed E-state index contributed by atoms with van der Waals surface area (Å²) in [5, 5.41) is 9.34. The van der Waals surface area contributed by atoms with Crippen LogP contribution >= 0.6 is 15.9 Å². The van der Waals surface area contributed by atoms with Crippen molar-refractivity contribution in [2.45, 2.75) is 18.1 Å². The zero-order chi connectivity index (χ0) is 15.4. The second-order valence-electron chi connectivity index (χ2n) is 5.17. The number of fused-ring (bicyclic) bond motifs is 2. The van der Waals surface area contributed by atoms with Crippen molar-refractivity contribution in [1.82, 2.24) is 4.98 Å². The number of benzene rings is 1. The molecule has 1 aromatic carbocycles. The van der Waals surface area contributed by atoms with Gasteiger partial charge in [-0.05, 0) is 30.5 Å². The van der Waals surface area contributed by atoms with Crippen molar-refractivity contribution in [3.8, 4) is 0 Å². The number of pyridine rings is 1. The van der Waals surface area contributed by atoms with E-state index in [0.717, 1.165) is 4.47 Å². The molecule has 2 aromatic rings. The van der Waals surface area contributed by atoms with Gasteiger partial charge in [-0.25, -0.2) is 13.2 Å². The number of carbonyl (C=O) groups is 1. The minimum atomic E-state index is -3.30. The maximum Gasteiger partial charge on any atom is 0.336 e. The molecule has 0 radical (unpaired) electrons. The maximum atomic E-state index is 11.9. The summed E-state index contributed by atoms with van der Waals surface area (Å²) in [6, 6.07) is 5.16. The number of halogens is 1. The first-order chi connectivity index (χ1) is 9.79. The lowest BCUT2D eigenvalue weighted by Crippen LogP contribution is -2.11. The third-order valence-electron chi connectivity index (χ3n) is 3.77. The Morgan fingerprint density at radius 3 is 2.76 bits per heavy atom. The van der Waals surface area contributed by atoms with E-state index >= 15 is 0 Å². The van der Waals surface area contributed by atoms with E-state index in [9.17, 15) is 18.3 Å². The highest BCUT2D eigenvalue weighted by Crippen LogP contribution is 2.39. The van der Waals surface area contributed by atoms with Gasteiger partial charge in [0.1, 0.15) is 5.25 Å². The number of aromatic carboxylic acids is 1. The van der Waals surface area contributed by atoms with Gasteiger partial charge in [0.05, 0.1) is 16.8 Å². The summed E-state index contributed by atoms with van der Waals surface area (Å²) in [6.07, 6.45) is 1.98. The SMILES string of the molecule is CS(=O)(=O)C1CCc2c1nc1cc(Br)ccc1c2C(=O)O. The van der Waals surface area contributed by atoms with Crippen LogP contribution in [0.1, 0.15) is 33.3 Å². The highest BCUT2D eigenvalue weighted by atomic mass is 79.9. The van der Waals surface area contributed by atoms with Gasteiger partial charge in [0.2, 0.25) is 0 Å². The highest BCUT2D eigenvalue weighted by Gasteiger charge is 2.35. The largest absolute Gasteiger partial charge is 0.478 e. The molecule has 0 spiro atoms. The molecule has 1 aliphatic carbocycles. The molecule has 1 N–H and O–H groups in total. The van der Waals surface area contributed by atoms with E-state index in [1.54, 1.807) is 18.2 Å². The predicted molar refractivity (Wildman–Crippen MR) is 82.3 cm³/mol. The normalized spacial score (nSPS) is 17.9. The molecule has 7 heteroatoms. The van der Waals surface area contributed by atoms with Crippen LogP contribution in [0.15, 0.2) is 22.7 Å². The molecule has 0 bridgehead atoms. The van der Waals surface area contributed by atoms with Crippen LogP contribution in [0, 0.1) is 0 Å². The maximum absolute atomic E-state index is 11.9. The molecule has 0 amide bonds. The van der Waals surface area contributed by atoms with E-state index in [2.05, 4.69) is 20.9 Å². The Morgan fingerprint density at radius 1 is 1.43 bits per heavy atom. The summed E-state index contributed by atoms with van der Waals surface area (Å²) in [5.74, 6) is -1.05. The van der Waals surface area contributed by atoms with Crippen molar-refractivity contribution in [3.63, 3.8) is 0 Å². The van der Waals surface area contributed by atoms with Gasteiger partial charge in [0, 0.05) is 16.1 Å². The first kappa shape index (κ1) is 14.5. The van der Waals surface area contributed by atoms with Crippen LogP contribution in [0.25, 0.3) is 10.9 Å². The van der Waals surface area contributed by atoms with E-state index in [4.69, 9.17) is 0 Å². The quantitative estimate of drug-likeness (QED) is 0.879. The summed E-state index contributed by atoms with van der Waals surface area (Å²) in [5.41, 5.74) is 1.61. The number of sulfone groups is 1. The van der Waals surface area contributed by atoms with Gasteiger partial charge < -0.3 is 5.11 Å². The molecule has 1 heterocycles. The van der Waals surface area contributed by atoms with Gasteiger partial charge in [0.25, 0.3) is 0 Å². The summed E-state index contributed by atoms with van der Waals surface area (Å²) < 4.78 is 24.5. The van der Waals surface area contributed by atoms with Gasteiger partial charge in [-0.1, -0.05) is 22.0 Å². The third-order valence-corrected chi connectivity index (χ3v) is 5.76. The average molecular weight is 370 g/mol. The van der Waals surface area contributed by atoms with Crippen LogP contribution in [0.5, 0.6) is 0 Å². The van der Waals surface area contributed by atoms with Gasteiger partial charge in [-0.3, -0.25) is 4.98 Å². The number of aromatic nitrogens is 1. The Morgan fingerprint density at radius 2 is 2.14 bits per heavy atom. The Kier molecular flexibility index (Phi) is 3.29. The first-order valence-corrected chi connectivity index (χ1v) is 9.08. The second kappa shape index (κ2) is 4.78. The minimum absolute atomic E-state index is 0.175. The molecule has 5 nitrogen and oxygen atoms in total. The zero-order valence-electron chi connectivity index (χ0n) is 11.1. The molecule has 21 heavy (non-hydrogen) atoms. The van der Waals surface area contributed by atoms with E-state index in [-0.39, 0.29) is 5.56 Å². The smallest absolute Gasteiger partial charge is 0.336 e. The number of hydrogen-bond donors (Lipinski definition) is 1. The lowest BCUT2D eigenvalue weighted by molar-refractivity contribution is 0.0698. The Bertz CT molecular complexity index is 876. The highest BCUT2D eigenvalue weighted by molar-refractivity contribution is 9.10. The molecule has 110 valence electrons. The lowest BCUT2D eigenvalue weighted by Gasteiger charge is -2.12. The zero-order valence-corrected chi connectivity index (χ0v) is 13.5. The van der Waals surface area contributed by atoms with Gasteiger partial charge in [-0.15, -0.1) is 0 Å². The number of hydrogen-bond acceptors (Lipinski definition) is 4. The first-order valence-electron chi connectivity index (χ1n) is 6.33. The van der Waals surface area contributed by atoms with Crippen LogP contribution in [0.2, 0.25) is 0 Å². The van der Waals surface area contributed by atoms with Gasteiger partial charge in [-0.2, -0.15) is 0 Å². The van der Waals surface area contributed by atoms with Crippen molar-refractivity contribution in [1.29, 1.82) is 0 Å². The van der Waals surface area contributed by atoms with E-state index in [1.165, 1.54) is 6.26 Å². The fourth-order valence-electron chi connectivity index (χ4n) is 2.89. The molecule has 1 aromatic heterocycles. The number of rotatable bonds is 2. The summed E-state index contributed by atoms with van der Waals surface area (Å²) in [4.78, 5) is 16.1. The molecule has 0 saturated heterocycles. The fourth-order valence-corrected chi connectivity index (χ4v) is 4.38. The van der Waals surface area contributed by atoms with E-state index in [0.29, 0.717) is 35.0 Å². The van der Waals surface area contributed by atoms with Crippen LogP contribution < -0.4 is 0 Å². The van der Waals surface area contributed by atoms with E-state index < -0.39 is 21.1 Å². The summed E-state index contributed by atoms with van der Waals surface area (Å²) in [6.45, 7) is 0. The third kappa shape index (κ3) is 2.34. The monoisotopic (exact) mass is 369 g/mol. The van der Waals surface area contributed by atoms with E-state index in [1.807, 2.05) is 0 Å². The van der Waals surface area contributed by atoms with Gasteiger partial charge >= 0.3 is 5.97 Å². The van der Waals surface area contributed by atoms with Crippen LogP contribution in [0.4, 0.5) is 0 Å².